The molecule has 25 heavy (non-hydrogen) atoms. The summed E-state index contributed by atoms with van der Waals surface area (Å²) in [5.74, 6) is -0.651. The van der Waals surface area contributed by atoms with Crippen LogP contribution in [0.15, 0.2) is 77.3 Å². The van der Waals surface area contributed by atoms with Gasteiger partial charge in [0.1, 0.15) is 5.82 Å². The number of anilines is 3. The average Bonchev–Trinajstić information content (AvgIpc) is 2.61. The van der Waals surface area contributed by atoms with E-state index in [1.807, 2.05) is 42.5 Å². The molecule has 0 aliphatic heterocycles. The molecule has 1 amide bonds. The first-order valence-corrected chi connectivity index (χ1v) is 8.55. The molecule has 0 atom stereocenters. The van der Waals surface area contributed by atoms with Crippen LogP contribution >= 0.6 is 15.9 Å². The van der Waals surface area contributed by atoms with Crippen LogP contribution in [-0.4, -0.2) is 5.91 Å². The summed E-state index contributed by atoms with van der Waals surface area (Å²) in [6.07, 6.45) is -0.0186. The van der Waals surface area contributed by atoms with Crippen LogP contribution in [0.4, 0.5) is 21.5 Å². The van der Waals surface area contributed by atoms with Crippen molar-refractivity contribution in [1.82, 2.24) is 0 Å². The maximum absolute atomic E-state index is 13.7. The zero-order valence-electron chi connectivity index (χ0n) is 13.3. The van der Waals surface area contributed by atoms with Gasteiger partial charge in [-0.15, -0.1) is 0 Å². The van der Waals surface area contributed by atoms with E-state index in [1.165, 1.54) is 6.07 Å². The third-order valence-corrected chi connectivity index (χ3v) is 4.08. The van der Waals surface area contributed by atoms with Gasteiger partial charge in [-0.1, -0.05) is 34.1 Å². The molecule has 3 nitrogen and oxygen atoms in total. The second kappa shape index (κ2) is 7.94. The van der Waals surface area contributed by atoms with Crippen molar-refractivity contribution < 1.29 is 9.18 Å². The molecule has 0 radical (unpaired) electrons. The minimum absolute atomic E-state index is 0.0186. The van der Waals surface area contributed by atoms with E-state index in [2.05, 4.69) is 26.6 Å². The first-order chi connectivity index (χ1) is 12.1. The van der Waals surface area contributed by atoms with Gasteiger partial charge in [0.2, 0.25) is 5.91 Å². The number of hydrogen-bond donors (Lipinski definition) is 2. The Hall–Kier alpha value is -2.66. The van der Waals surface area contributed by atoms with Crippen LogP contribution in [0.25, 0.3) is 0 Å². The molecule has 0 aliphatic rings. The van der Waals surface area contributed by atoms with Crippen LogP contribution < -0.4 is 10.6 Å². The lowest BCUT2D eigenvalue weighted by Gasteiger charge is -2.09. The van der Waals surface area contributed by atoms with Gasteiger partial charge < -0.3 is 10.6 Å². The third-order valence-electron chi connectivity index (χ3n) is 3.59. The third kappa shape index (κ3) is 4.90. The highest BCUT2D eigenvalue weighted by atomic mass is 79.9. The van der Waals surface area contributed by atoms with E-state index < -0.39 is 0 Å². The van der Waals surface area contributed by atoms with Gasteiger partial charge >= 0.3 is 0 Å². The van der Waals surface area contributed by atoms with Crippen molar-refractivity contribution in [1.29, 1.82) is 0 Å². The Labute approximate surface area is 154 Å². The lowest BCUT2D eigenvalue weighted by Crippen LogP contribution is -2.15. The summed E-state index contributed by atoms with van der Waals surface area (Å²) in [5, 5.41) is 6.05. The van der Waals surface area contributed by atoms with Gasteiger partial charge in [-0.2, -0.15) is 0 Å². The topological polar surface area (TPSA) is 41.1 Å². The summed E-state index contributed by atoms with van der Waals surface area (Å²) in [6.45, 7) is 0. The number of amides is 1. The Balaban J connectivity index is 1.61. The van der Waals surface area contributed by atoms with Crippen molar-refractivity contribution in [2.75, 3.05) is 10.6 Å². The van der Waals surface area contributed by atoms with E-state index in [1.54, 1.807) is 24.3 Å². The van der Waals surface area contributed by atoms with E-state index in [9.17, 15) is 9.18 Å². The highest BCUT2D eigenvalue weighted by Crippen LogP contribution is 2.20. The first kappa shape index (κ1) is 17.2. The summed E-state index contributed by atoms with van der Waals surface area (Å²) in [6, 6.07) is 21.7. The molecular weight excluding hydrogens is 383 g/mol. The number of rotatable bonds is 5. The first-order valence-electron chi connectivity index (χ1n) is 7.76. The monoisotopic (exact) mass is 398 g/mol. The highest BCUT2D eigenvalue weighted by molar-refractivity contribution is 9.10. The molecule has 0 spiro atoms. The molecule has 0 bridgehead atoms. The molecule has 0 saturated heterocycles. The Morgan fingerprint density at radius 2 is 1.52 bits per heavy atom. The predicted octanol–water partition coefficient (Wildman–Crippen LogP) is 5.51. The van der Waals surface area contributed by atoms with Gasteiger partial charge in [0.05, 0.1) is 6.42 Å². The van der Waals surface area contributed by atoms with Crippen LogP contribution in [0.1, 0.15) is 5.56 Å². The molecule has 0 saturated carbocycles. The van der Waals surface area contributed by atoms with Crippen molar-refractivity contribution >= 4 is 38.9 Å². The van der Waals surface area contributed by atoms with E-state index in [0.717, 1.165) is 15.8 Å². The number of carbonyl (C=O) groups is 1. The van der Waals surface area contributed by atoms with E-state index in [-0.39, 0.29) is 18.1 Å². The number of halogens is 2. The molecule has 0 aromatic heterocycles. The van der Waals surface area contributed by atoms with Gasteiger partial charge in [-0.3, -0.25) is 4.79 Å². The zero-order valence-corrected chi connectivity index (χ0v) is 14.9. The van der Waals surface area contributed by atoms with Gasteiger partial charge in [0.25, 0.3) is 0 Å². The lowest BCUT2D eigenvalue weighted by molar-refractivity contribution is -0.115. The molecule has 0 heterocycles. The molecule has 3 aromatic rings. The van der Waals surface area contributed by atoms with Gasteiger partial charge in [0.15, 0.2) is 0 Å². The van der Waals surface area contributed by atoms with E-state index in [4.69, 9.17) is 0 Å². The SMILES string of the molecule is O=C(Cc1cc(Br)ccc1F)Nc1ccc(Nc2ccccc2)cc1. The fourth-order valence-electron chi connectivity index (χ4n) is 2.38. The maximum atomic E-state index is 13.7. The Bertz CT molecular complexity index is 867. The van der Waals surface area contributed by atoms with Gasteiger partial charge in [0, 0.05) is 21.5 Å². The molecule has 3 aromatic carbocycles. The molecule has 0 aliphatic carbocycles. The van der Waals surface area contributed by atoms with Crippen molar-refractivity contribution in [2.24, 2.45) is 0 Å². The number of nitrogens with one attached hydrogen (secondary N) is 2. The zero-order chi connectivity index (χ0) is 17.6. The Morgan fingerprint density at radius 1 is 0.880 bits per heavy atom. The average molecular weight is 399 g/mol. The fraction of sp³-hybridized carbons (Fsp3) is 0.0500. The smallest absolute Gasteiger partial charge is 0.228 e. The number of benzene rings is 3. The number of para-hydroxylation sites is 1. The highest BCUT2D eigenvalue weighted by Gasteiger charge is 2.09. The summed E-state index contributed by atoms with van der Waals surface area (Å²) >= 11 is 3.28. The predicted molar refractivity (Wildman–Crippen MR) is 103 cm³/mol. The summed E-state index contributed by atoms with van der Waals surface area (Å²) in [4.78, 5) is 12.1. The van der Waals surface area contributed by atoms with E-state index >= 15 is 0 Å². The molecule has 3 rings (SSSR count). The quantitative estimate of drug-likeness (QED) is 0.594. The second-order valence-corrected chi connectivity index (χ2v) is 6.44. The molecule has 5 heteroatoms. The van der Waals surface area contributed by atoms with Crippen LogP contribution in [0.2, 0.25) is 0 Å². The number of hydrogen-bond acceptors (Lipinski definition) is 2. The van der Waals surface area contributed by atoms with Crippen LogP contribution in [0, 0.1) is 5.82 Å². The standard InChI is InChI=1S/C20H16BrFN2O/c21-15-6-11-19(22)14(12-15)13-20(25)24-18-9-7-17(8-10-18)23-16-4-2-1-3-5-16/h1-12,23H,13H2,(H,24,25). The summed E-state index contributed by atoms with van der Waals surface area (Å²) in [5.41, 5.74) is 2.93. The molecule has 0 fully saturated rings. The van der Waals surface area contributed by atoms with Crippen molar-refractivity contribution in [2.45, 2.75) is 6.42 Å². The van der Waals surface area contributed by atoms with Crippen LogP contribution in [0.5, 0.6) is 0 Å². The van der Waals surface area contributed by atoms with E-state index in [0.29, 0.717) is 11.3 Å². The van der Waals surface area contributed by atoms with Crippen molar-refractivity contribution in [3.05, 3.63) is 88.6 Å². The van der Waals surface area contributed by atoms with Crippen molar-refractivity contribution in [3.63, 3.8) is 0 Å². The molecule has 126 valence electrons. The normalized spacial score (nSPS) is 10.3. The lowest BCUT2D eigenvalue weighted by atomic mass is 10.1. The second-order valence-electron chi connectivity index (χ2n) is 5.53. The maximum Gasteiger partial charge on any atom is 0.228 e. The van der Waals surface area contributed by atoms with Gasteiger partial charge in [-0.05, 0) is 60.2 Å². The van der Waals surface area contributed by atoms with Crippen LogP contribution in [0.3, 0.4) is 0 Å². The molecule has 0 unspecified atom stereocenters. The fourth-order valence-corrected chi connectivity index (χ4v) is 2.79. The Morgan fingerprint density at radius 3 is 2.24 bits per heavy atom. The Kier molecular flexibility index (Phi) is 5.46. The summed E-state index contributed by atoms with van der Waals surface area (Å²) < 4.78 is 14.5. The minimum Gasteiger partial charge on any atom is -0.356 e. The summed E-state index contributed by atoms with van der Waals surface area (Å²) in [7, 11) is 0. The molecular formula is C20H16BrFN2O. The number of carbonyl (C=O) groups excluding carboxylic acids is 1. The minimum atomic E-state index is -0.388. The van der Waals surface area contributed by atoms with Crippen LogP contribution in [-0.2, 0) is 11.2 Å². The van der Waals surface area contributed by atoms with Gasteiger partial charge in [-0.25, -0.2) is 4.39 Å². The molecule has 2 N–H and O–H groups in total. The van der Waals surface area contributed by atoms with Crippen molar-refractivity contribution in [3.8, 4) is 0 Å². The largest absolute Gasteiger partial charge is 0.356 e.